The zero-order chi connectivity index (χ0) is 15.6. The minimum absolute atomic E-state index is 0.297. The number of ether oxygens (including phenoxy) is 1. The molecule has 0 bridgehead atoms. The third kappa shape index (κ3) is 3.69. The van der Waals surface area contributed by atoms with E-state index < -0.39 is 21.8 Å². The van der Waals surface area contributed by atoms with E-state index in [4.69, 9.17) is 4.74 Å². The van der Waals surface area contributed by atoms with E-state index in [9.17, 15) is 18.0 Å². The van der Waals surface area contributed by atoms with Crippen molar-refractivity contribution in [2.24, 2.45) is 0 Å². The van der Waals surface area contributed by atoms with Crippen LogP contribution in [0.25, 0.3) is 0 Å². The van der Waals surface area contributed by atoms with Crippen LogP contribution in [0.15, 0.2) is 29.2 Å². The van der Waals surface area contributed by atoms with E-state index in [1.807, 2.05) is 12.5 Å². The maximum atomic E-state index is 12.5. The fraction of sp³-hybridized carbons (Fsp3) is 0.500. The molecular formula is C14H19F3O2S. The number of halogens is 3. The van der Waals surface area contributed by atoms with Crippen LogP contribution in [0.3, 0.4) is 0 Å². The van der Waals surface area contributed by atoms with Crippen LogP contribution in [0.5, 0.6) is 0 Å². The Morgan fingerprint density at radius 3 is 2.15 bits per heavy atom. The maximum Gasteiger partial charge on any atom is 0.416 e. The molecule has 0 heterocycles. The molecule has 114 valence electrons. The van der Waals surface area contributed by atoms with Crippen molar-refractivity contribution < 1.29 is 22.7 Å². The summed E-state index contributed by atoms with van der Waals surface area (Å²) in [6, 6.07) is 5.02. The second kappa shape index (κ2) is 6.08. The lowest BCUT2D eigenvalue weighted by molar-refractivity contribution is -0.142. The predicted molar refractivity (Wildman–Crippen MR) is 75.2 cm³/mol. The topological polar surface area (TPSA) is 26.3 Å². The summed E-state index contributed by atoms with van der Waals surface area (Å²) < 4.78 is 42.6. The standard InChI is InChI=1S/C14H19F3O2S/c1-5-19-13(18)10(2)20(3,4)12-8-6-11(7-9-12)14(15,16)17/h6-10H,5H2,1-4H3. The first-order chi connectivity index (χ1) is 9.10. The number of carbonyl (C=O) groups is 1. The average Bonchev–Trinajstić information content (AvgIpc) is 2.37. The first-order valence-electron chi connectivity index (χ1n) is 6.16. The molecule has 0 amide bonds. The van der Waals surface area contributed by atoms with Gasteiger partial charge in [0.05, 0.1) is 17.4 Å². The van der Waals surface area contributed by atoms with Crippen LogP contribution >= 0.6 is 10.0 Å². The summed E-state index contributed by atoms with van der Waals surface area (Å²) in [5, 5.41) is -0.362. The Morgan fingerprint density at radius 2 is 1.75 bits per heavy atom. The van der Waals surface area contributed by atoms with E-state index in [1.54, 1.807) is 13.8 Å². The molecule has 0 saturated carbocycles. The minimum atomic E-state index is -4.34. The molecule has 1 rings (SSSR count). The molecule has 0 aliphatic rings. The molecule has 1 atom stereocenters. The minimum Gasteiger partial charge on any atom is -0.465 e. The number of hydrogen-bond acceptors (Lipinski definition) is 2. The van der Waals surface area contributed by atoms with Crippen molar-refractivity contribution in [1.29, 1.82) is 0 Å². The lowest BCUT2D eigenvalue weighted by Crippen LogP contribution is -2.26. The highest BCUT2D eigenvalue weighted by atomic mass is 32.3. The second-order valence-electron chi connectivity index (χ2n) is 4.82. The molecule has 0 spiro atoms. The van der Waals surface area contributed by atoms with Crippen LogP contribution in [0.4, 0.5) is 13.2 Å². The van der Waals surface area contributed by atoms with Gasteiger partial charge in [-0.15, -0.1) is 0 Å². The van der Waals surface area contributed by atoms with Gasteiger partial charge in [-0.3, -0.25) is 4.79 Å². The van der Waals surface area contributed by atoms with E-state index in [0.29, 0.717) is 6.61 Å². The van der Waals surface area contributed by atoms with Crippen LogP contribution in [0, 0.1) is 0 Å². The SMILES string of the molecule is CCOC(=O)C(C)S(C)(C)c1ccc(C(F)(F)F)cc1. The number of carbonyl (C=O) groups excluding carboxylic acids is 1. The third-order valence-electron chi connectivity index (χ3n) is 3.29. The Hall–Kier alpha value is -1.17. The lowest BCUT2D eigenvalue weighted by atomic mass is 10.2. The van der Waals surface area contributed by atoms with Gasteiger partial charge in [-0.1, -0.05) is 0 Å². The normalized spacial score (nSPS) is 14.8. The van der Waals surface area contributed by atoms with Crippen molar-refractivity contribution in [3.63, 3.8) is 0 Å². The molecule has 0 aromatic heterocycles. The van der Waals surface area contributed by atoms with Gasteiger partial charge in [0.15, 0.2) is 0 Å². The van der Waals surface area contributed by atoms with Crippen molar-refractivity contribution in [1.82, 2.24) is 0 Å². The number of hydrogen-bond donors (Lipinski definition) is 0. The smallest absolute Gasteiger partial charge is 0.416 e. The quantitative estimate of drug-likeness (QED) is 0.783. The van der Waals surface area contributed by atoms with Crippen LogP contribution < -0.4 is 0 Å². The molecule has 0 aliphatic heterocycles. The van der Waals surface area contributed by atoms with Crippen molar-refractivity contribution in [3.8, 4) is 0 Å². The highest BCUT2D eigenvalue weighted by Crippen LogP contribution is 2.54. The predicted octanol–water partition coefficient (Wildman–Crippen LogP) is 4.08. The van der Waals surface area contributed by atoms with Gasteiger partial charge < -0.3 is 4.74 Å². The number of esters is 1. The highest BCUT2D eigenvalue weighted by molar-refractivity contribution is 8.33. The van der Waals surface area contributed by atoms with Gasteiger partial charge >= 0.3 is 12.1 Å². The van der Waals surface area contributed by atoms with Gasteiger partial charge in [-0.25, -0.2) is 10.0 Å². The summed E-state index contributed by atoms with van der Waals surface area (Å²) in [6.07, 6.45) is -0.543. The molecular weight excluding hydrogens is 289 g/mol. The molecule has 1 aromatic carbocycles. The Kier molecular flexibility index (Phi) is 5.13. The monoisotopic (exact) mass is 308 g/mol. The summed E-state index contributed by atoms with van der Waals surface area (Å²) in [7, 11) is -1.56. The highest BCUT2D eigenvalue weighted by Gasteiger charge is 2.33. The van der Waals surface area contributed by atoms with Crippen LogP contribution in [0.2, 0.25) is 0 Å². The zero-order valence-corrected chi connectivity index (χ0v) is 12.8. The molecule has 0 saturated heterocycles. The molecule has 1 aromatic rings. The van der Waals surface area contributed by atoms with E-state index in [0.717, 1.165) is 17.0 Å². The Morgan fingerprint density at radius 1 is 1.25 bits per heavy atom. The van der Waals surface area contributed by atoms with Crippen LogP contribution in [-0.4, -0.2) is 30.3 Å². The van der Waals surface area contributed by atoms with Gasteiger partial charge in [0.1, 0.15) is 0 Å². The largest absolute Gasteiger partial charge is 0.465 e. The maximum absolute atomic E-state index is 12.5. The second-order valence-corrected chi connectivity index (χ2v) is 8.81. The Labute approximate surface area is 118 Å². The number of benzene rings is 1. The number of alkyl halides is 3. The van der Waals surface area contributed by atoms with Crippen molar-refractivity contribution in [2.45, 2.75) is 30.2 Å². The van der Waals surface area contributed by atoms with Crippen molar-refractivity contribution in [2.75, 3.05) is 19.1 Å². The summed E-state index contributed by atoms with van der Waals surface area (Å²) in [4.78, 5) is 12.6. The molecule has 0 radical (unpaired) electrons. The Balaban J connectivity index is 3.01. The van der Waals surface area contributed by atoms with Gasteiger partial charge in [-0.05, 0) is 55.5 Å². The molecule has 20 heavy (non-hydrogen) atoms. The van der Waals surface area contributed by atoms with E-state index in [1.165, 1.54) is 12.1 Å². The molecule has 0 aliphatic carbocycles. The third-order valence-corrected chi connectivity index (χ3v) is 6.74. The fourth-order valence-electron chi connectivity index (χ4n) is 1.70. The van der Waals surface area contributed by atoms with Crippen molar-refractivity contribution in [3.05, 3.63) is 29.8 Å². The molecule has 1 unspecified atom stereocenters. The molecule has 0 N–H and O–H groups in total. The van der Waals surface area contributed by atoms with Crippen molar-refractivity contribution >= 4 is 16.0 Å². The first kappa shape index (κ1) is 16.9. The van der Waals surface area contributed by atoms with Crippen LogP contribution in [0.1, 0.15) is 19.4 Å². The fourth-order valence-corrected chi connectivity index (χ4v) is 3.49. The van der Waals surface area contributed by atoms with E-state index >= 15 is 0 Å². The lowest BCUT2D eigenvalue weighted by Gasteiger charge is -2.36. The Bertz CT molecular complexity index is 466. The molecule has 2 nitrogen and oxygen atoms in total. The average molecular weight is 308 g/mol. The summed E-state index contributed by atoms with van der Waals surface area (Å²) >= 11 is 0. The van der Waals surface area contributed by atoms with E-state index in [2.05, 4.69) is 0 Å². The van der Waals surface area contributed by atoms with Gasteiger partial charge in [0.25, 0.3) is 0 Å². The molecule has 6 heteroatoms. The van der Waals surface area contributed by atoms with Gasteiger partial charge in [0, 0.05) is 0 Å². The summed E-state index contributed by atoms with van der Waals surface area (Å²) in [5.74, 6) is -0.313. The van der Waals surface area contributed by atoms with E-state index in [-0.39, 0.29) is 11.2 Å². The summed E-state index contributed by atoms with van der Waals surface area (Å²) in [5.41, 5.74) is -0.680. The number of rotatable bonds is 4. The first-order valence-corrected chi connectivity index (χ1v) is 8.68. The van der Waals surface area contributed by atoms with Gasteiger partial charge in [-0.2, -0.15) is 13.2 Å². The molecule has 0 fully saturated rings. The van der Waals surface area contributed by atoms with Gasteiger partial charge in [0.2, 0.25) is 0 Å². The van der Waals surface area contributed by atoms with Crippen LogP contribution in [-0.2, 0) is 15.7 Å². The zero-order valence-electron chi connectivity index (χ0n) is 12.0. The summed E-state index contributed by atoms with van der Waals surface area (Å²) in [6.45, 7) is 3.78.